The lowest BCUT2D eigenvalue weighted by atomic mass is 9.95. The summed E-state index contributed by atoms with van der Waals surface area (Å²) >= 11 is 12.2. The molecule has 1 saturated carbocycles. The second kappa shape index (κ2) is 9.16. The number of benzene rings is 2. The number of nitrogens with one attached hydrogen (secondary N) is 2. The van der Waals surface area contributed by atoms with Crippen LogP contribution in [0.1, 0.15) is 48.0 Å². The molecule has 28 heavy (non-hydrogen) atoms. The molecule has 0 radical (unpaired) electrons. The molecule has 8 heteroatoms. The first-order chi connectivity index (χ1) is 13.4. The highest BCUT2D eigenvalue weighted by Gasteiger charge is 2.22. The monoisotopic (exact) mass is 440 g/mol. The van der Waals surface area contributed by atoms with Crippen molar-refractivity contribution in [1.82, 2.24) is 5.32 Å². The number of halogens is 2. The fraction of sp³-hybridized carbons (Fsp3) is 0.350. The third-order valence-electron chi connectivity index (χ3n) is 4.77. The molecule has 150 valence electrons. The molecule has 1 amide bonds. The summed E-state index contributed by atoms with van der Waals surface area (Å²) in [5, 5.41) is 3.57. The molecule has 1 fully saturated rings. The Kier molecular flexibility index (Phi) is 6.86. The Morgan fingerprint density at radius 2 is 1.61 bits per heavy atom. The van der Waals surface area contributed by atoms with Crippen LogP contribution in [0, 0.1) is 0 Å². The van der Waals surface area contributed by atoms with Crippen molar-refractivity contribution < 1.29 is 13.2 Å². The van der Waals surface area contributed by atoms with E-state index in [1.807, 2.05) is 0 Å². The molecule has 2 aromatic rings. The predicted octanol–water partition coefficient (Wildman–Crippen LogP) is 5.00. The van der Waals surface area contributed by atoms with Gasteiger partial charge in [-0.1, -0.05) is 60.7 Å². The SMILES string of the molecule is O=C(NC1CCCCC1)c1ccccc1NS(=O)(=O)Cc1c(Cl)cccc1Cl. The van der Waals surface area contributed by atoms with E-state index < -0.39 is 10.0 Å². The maximum atomic E-state index is 12.7. The van der Waals surface area contributed by atoms with E-state index in [1.165, 1.54) is 6.42 Å². The lowest BCUT2D eigenvalue weighted by molar-refractivity contribution is 0.0928. The third kappa shape index (κ3) is 5.40. The van der Waals surface area contributed by atoms with E-state index in [0.29, 0.717) is 11.1 Å². The third-order valence-corrected chi connectivity index (χ3v) is 6.68. The Bertz CT molecular complexity index is 937. The van der Waals surface area contributed by atoms with Crippen molar-refractivity contribution >= 4 is 44.8 Å². The highest BCUT2D eigenvalue weighted by Crippen LogP contribution is 2.27. The number of anilines is 1. The van der Waals surface area contributed by atoms with Crippen LogP contribution in [0.5, 0.6) is 0 Å². The standard InChI is InChI=1S/C20H22Cl2N2O3S/c21-17-10-6-11-18(22)16(17)13-28(26,27)24-19-12-5-4-9-15(19)20(25)23-14-7-2-1-3-8-14/h4-6,9-12,14,24H,1-3,7-8,13H2,(H,23,25). The van der Waals surface area contributed by atoms with Crippen LogP contribution in [0.4, 0.5) is 5.69 Å². The van der Waals surface area contributed by atoms with Crippen LogP contribution in [0.2, 0.25) is 10.0 Å². The first kappa shape index (κ1) is 21.0. The van der Waals surface area contributed by atoms with Gasteiger partial charge in [0.05, 0.1) is 17.0 Å². The summed E-state index contributed by atoms with van der Waals surface area (Å²) in [5.74, 6) is -0.662. The van der Waals surface area contributed by atoms with Crippen molar-refractivity contribution in [1.29, 1.82) is 0 Å². The van der Waals surface area contributed by atoms with Gasteiger partial charge in [-0.25, -0.2) is 8.42 Å². The van der Waals surface area contributed by atoms with Crippen LogP contribution >= 0.6 is 23.2 Å². The van der Waals surface area contributed by atoms with Crippen molar-refractivity contribution in [2.24, 2.45) is 0 Å². The van der Waals surface area contributed by atoms with Gasteiger partial charge < -0.3 is 5.32 Å². The highest BCUT2D eigenvalue weighted by molar-refractivity contribution is 7.91. The Morgan fingerprint density at radius 1 is 0.964 bits per heavy atom. The molecule has 2 aromatic carbocycles. The van der Waals surface area contributed by atoms with Gasteiger partial charge in [-0.3, -0.25) is 9.52 Å². The normalized spacial score (nSPS) is 15.2. The lowest BCUT2D eigenvalue weighted by Crippen LogP contribution is -2.36. The average Bonchev–Trinajstić information content (AvgIpc) is 2.66. The Hall–Kier alpha value is -1.76. The summed E-state index contributed by atoms with van der Waals surface area (Å²) < 4.78 is 27.9. The van der Waals surface area contributed by atoms with Gasteiger partial charge in [-0.15, -0.1) is 0 Å². The van der Waals surface area contributed by atoms with E-state index in [0.717, 1.165) is 25.7 Å². The van der Waals surface area contributed by atoms with Crippen LogP contribution in [-0.2, 0) is 15.8 Å². The molecule has 0 saturated heterocycles. The van der Waals surface area contributed by atoms with Crippen molar-refractivity contribution in [3.63, 3.8) is 0 Å². The molecule has 2 N–H and O–H groups in total. The van der Waals surface area contributed by atoms with Crippen molar-refractivity contribution in [2.75, 3.05) is 4.72 Å². The van der Waals surface area contributed by atoms with Gasteiger partial charge in [0.1, 0.15) is 0 Å². The highest BCUT2D eigenvalue weighted by atomic mass is 35.5. The number of hydrogen-bond acceptors (Lipinski definition) is 3. The molecular weight excluding hydrogens is 419 g/mol. The van der Waals surface area contributed by atoms with E-state index in [1.54, 1.807) is 42.5 Å². The minimum absolute atomic E-state index is 0.132. The number of sulfonamides is 1. The molecule has 3 rings (SSSR count). The fourth-order valence-electron chi connectivity index (χ4n) is 3.34. The Morgan fingerprint density at radius 3 is 2.29 bits per heavy atom. The van der Waals surface area contributed by atoms with Gasteiger partial charge in [-0.2, -0.15) is 0 Å². The largest absolute Gasteiger partial charge is 0.349 e. The molecule has 0 unspecified atom stereocenters. The van der Waals surface area contributed by atoms with E-state index in [2.05, 4.69) is 10.0 Å². The molecule has 1 aliphatic carbocycles. The van der Waals surface area contributed by atoms with Gasteiger partial charge in [0.2, 0.25) is 10.0 Å². The van der Waals surface area contributed by atoms with Crippen LogP contribution in [0.3, 0.4) is 0 Å². The Balaban J connectivity index is 1.77. The van der Waals surface area contributed by atoms with Gasteiger partial charge in [0.25, 0.3) is 5.91 Å². The summed E-state index contributed by atoms with van der Waals surface area (Å²) in [5.41, 5.74) is 0.850. The zero-order valence-corrected chi connectivity index (χ0v) is 17.6. The Labute approximate surface area is 175 Å². The van der Waals surface area contributed by atoms with Gasteiger partial charge in [0, 0.05) is 21.7 Å². The maximum Gasteiger partial charge on any atom is 0.253 e. The zero-order chi connectivity index (χ0) is 20.1. The predicted molar refractivity (Wildman–Crippen MR) is 113 cm³/mol. The summed E-state index contributed by atoms with van der Waals surface area (Å²) in [7, 11) is -3.82. The average molecular weight is 441 g/mol. The number of carbonyl (C=O) groups excluding carboxylic acids is 1. The minimum atomic E-state index is -3.82. The molecule has 0 aromatic heterocycles. The molecule has 0 heterocycles. The number of hydrogen-bond donors (Lipinski definition) is 2. The first-order valence-electron chi connectivity index (χ1n) is 9.19. The fourth-order valence-corrected chi connectivity index (χ4v) is 5.31. The second-order valence-electron chi connectivity index (χ2n) is 6.92. The van der Waals surface area contributed by atoms with E-state index in [9.17, 15) is 13.2 Å². The molecule has 0 aliphatic heterocycles. The van der Waals surface area contributed by atoms with E-state index in [4.69, 9.17) is 23.2 Å². The minimum Gasteiger partial charge on any atom is -0.349 e. The van der Waals surface area contributed by atoms with Crippen molar-refractivity contribution in [3.8, 4) is 0 Å². The number of amides is 1. The zero-order valence-electron chi connectivity index (χ0n) is 15.3. The summed E-state index contributed by atoms with van der Waals surface area (Å²) in [6.45, 7) is 0. The summed E-state index contributed by atoms with van der Waals surface area (Å²) in [4.78, 5) is 12.7. The molecular formula is C20H22Cl2N2O3S. The van der Waals surface area contributed by atoms with Gasteiger partial charge >= 0.3 is 0 Å². The molecule has 0 atom stereocenters. The number of rotatable bonds is 6. The van der Waals surface area contributed by atoms with Crippen molar-refractivity contribution in [3.05, 3.63) is 63.6 Å². The van der Waals surface area contributed by atoms with Crippen LogP contribution in [0.25, 0.3) is 0 Å². The first-order valence-corrected chi connectivity index (χ1v) is 11.6. The van der Waals surface area contributed by atoms with Gasteiger partial charge in [-0.05, 0) is 37.1 Å². The summed E-state index contributed by atoms with van der Waals surface area (Å²) in [6.07, 6.45) is 5.28. The van der Waals surface area contributed by atoms with E-state index in [-0.39, 0.29) is 33.4 Å². The van der Waals surface area contributed by atoms with E-state index >= 15 is 0 Å². The topological polar surface area (TPSA) is 75.3 Å². The summed E-state index contributed by atoms with van der Waals surface area (Å²) in [6, 6.07) is 11.5. The number of carbonyl (C=O) groups is 1. The molecule has 5 nitrogen and oxygen atoms in total. The number of para-hydroxylation sites is 1. The van der Waals surface area contributed by atoms with Crippen LogP contribution in [0.15, 0.2) is 42.5 Å². The van der Waals surface area contributed by atoms with Crippen LogP contribution < -0.4 is 10.0 Å². The van der Waals surface area contributed by atoms with Crippen molar-refractivity contribution in [2.45, 2.75) is 43.9 Å². The molecule has 0 spiro atoms. The van der Waals surface area contributed by atoms with Gasteiger partial charge in [0.15, 0.2) is 0 Å². The smallest absolute Gasteiger partial charge is 0.253 e. The lowest BCUT2D eigenvalue weighted by Gasteiger charge is -2.23. The molecule has 1 aliphatic rings. The maximum absolute atomic E-state index is 12.7. The quantitative estimate of drug-likeness (QED) is 0.663. The molecule has 0 bridgehead atoms. The second-order valence-corrected chi connectivity index (χ2v) is 9.45. The van der Waals surface area contributed by atoms with Crippen LogP contribution in [-0.4, -0.2) is 20.4 Å².